The molecule has 0 saturated heterocycles. The van der Waals surface area contributed by atoms with Crippen LogP contribution in [-0.4, -0.2) is 30.8 Å². The van der Waals surface area contributed by atoms with Crippen molar-refractivity contribution in [1.82, 2.24) is 0 Å². The summed E-state index contributed by atoms with van der Waals surface area (Å²) in [7, 11) is 0. The first-order valence-corrected chi connectivity index (χ1v) is 7.55. The topological polar surface area (TPSA) is 29.5 Å². The summed E-state index contributed by atoms with van der Waals surface area (Å²) in [6.45, 7) is 1.49. The highest BCUT2D eigenvalue weighted by molar-refractivity contribution is 6.18. The van der Waals surface area contributed by atoms with Gasteiger partial charge in [-0.05, 0) is 30.5 Å². The number of benzene rings is 1. The fraction of sp³-hybridized carbons (Fsp3) is 0.500. The van der Waals surface area contributed by atoms with E-state index in [0.717, 1.165) is 24.3 Å². The number of carbonyl (C=O) groups excluding carboxylic acids is 1. The molecule has 0 heterocycles. The van der Waals surface area contributed by atoms with E-state index in [1.807, 2.05) is 24.3 Å². The van der Waals surface area contributed by atoms with Gasteiger partial charge in [0.2, 0.25) is 0 Å². The molecule has 0 aliphatic heterocycles. The van der Waals surface area contributed by atoms with Gasteiger partial charge in [-0.25, -0.2) is 4.79 Å². The van der Waals surface area contributed by atoms with E-state index in [1.54, 1.807) is 0 Å². The van der Waals surface area contributed by atoms with Crippen molar-refractivity contribution in [1.29, 1.82) is 0 Å². The zero-order valence-electron chi connectivity index (χ0n) is 11.2. The summed E-state index contributed by atoms with van der Waals surface area (Å²) in [4.78, 5) is 15.9. The van der Waals surface area contributed by atoms with Crippen molar-refractivity contribution in [2.45, 2.75) is 19.3 Å². The Kier molecular flexibility index (Phi) is 8.38. The maximum absolute atomic E-state index is 11.5. The number of anilines is 1. The smallest absolute Gasteiger partial charge is 0.348 e. The monoisotopic (exact) mass is 321 g/mol. The highest BCUT2D eigenvalue weighted by Crippen LogP contribution is 2.17. The zero-order valence-corrected chi connectivity index (χ0v) is 12.7. The number of aryl methyl sites for hydroxylation is 1. The molecule has 0 radical (unpaired) electrons. The molecule has 1 aromatic carbocycles. The number of halogens is 3. The lowest BCUT2D eigenvalue weighted by molar-refractivity contribution is -0.183. The van der Waals surface area contributed by atoms with Crippen LogP contribution >= 0.6 is 23.2 Å². The minimum Gasteiger partial charge on any atom is -0.369 e. The van der Waals surface area contributed by atoms with Crippen molar-refractivity contribution < 1.29 is 14.3 Å². The summed E-state index contributed by atoms with van der Waals surface area (Å²) in [6.07, 6.45) is 1.36. The van der Waals surface area contributed by atoms with Gasteiger partial charge >= 0.3 is 5.97 Å². The average molecular weight is 322 g/mol. The molecule has 6 heteroatoms. The quantitative estimate of drug-likeness (QED) is 0.649. The zero-order chi connectivity index (χ0) is 14.8. The molecule has 20 heavy (non-hydrogen) atoms. The van der Waals surface area contributed by atoms with Gasteiger partial charge in [0, 0.05) is 41.5 Å². The Hall–Kier alpha value is -1.00. The van der Waals surface area contributed by atoms with Crippen LogP contribution in [0.25, 0.3) is 0 Å². The molecule has 0 spiro atoms. The van der Waals surface area contributed by atoms with Crippen molar-refractivity contribution in [3.05, 3.63) is 29.8 Å². The summed E-state index contributed by atoms with van der Waals surface area (Å²) in [6, 6.07) is 7.99. The second-order valence-corrected chi connectivity index (χ2v) is 5.09. The number of hydrogen-bond acceptors (Lipinski definition) is 3. The Morgan fingerprint density at radius 2 is 1.75 bits per heavy atom. The lowest BCUT2D eigenvalue weighted by Gasteiger charge is -2.23. The van der Waals surface area contributed by atoms with Crippen molar-refractivity contribution in [2.75, 3.05) is 29.7 Å². The van der Waals surface area contributed by atoms with E-state index >= 15 is 0 Å². The van der Waals surface area contributed by atoms with Crippen molar-refractivity contribution in [3.63, 3.8) is 0 Å². The van der Waals surface area contributed by atoms with E-state index in [9.17, 15) is 9.32 Å². The van der Waals surface area contributed by atoms with E-state index in [-0.39, 0.29) is 6.42 Å². The Labute approximate surface area is 128 Å². The number of nitrogens with zero attached hydrogens (tertiary/aromatic N) is 1. The first-order valence-electron chi connectivity index (χ1n) is 6.48. The van der Waals surface area contributed by atoms with Gasteiger partial charge < -0.3 is 4.90 Å². The lowest BCUT2D eigenvalue weighted by atomic mass is 10.1. The summed E-state index contributed by atoms with van der Waals surface area (Å²) in [5, 5.41) is 0. The summed E-state index contributed by atoms with van der Waals surface area (Å²) >= 11 is 11.5. The van der Waals surface area contributed by atoms with Gasteiger partial charge in [0.05, 0.1) is 0 Å². The van der Waals surface area contributed by atoms with Gasteiger partial charge in [0.1, 0.15) is 0 Å². The van der Waals surface area contributed by atoms with Crippen LogP contribution in [0.3, 0.4) is 0 Å². The predicted molar refractivity (Wildman–Crippen MR) is 80.2 cm³/mol. The molecule has 0 amide bonds. The highest BCUT2D eigenvalue weighted by Gasteiger charge is 2.06. The van der Waals surface area contributed by atoms with Gasteiger partial charge in [0.25, 0.3) is 0 Å². The molecular weight excluding hydrogens is 304 g/mol. The molecule has 1 aromatic rings. The molecule has 0 aromatic heterocycles. The number of carbonyl (C=O) groups is 1. The SMILES string of the molecule is O=C(CCCc1ccc(N(CCCl)CCCl)cc1)OF. The molecule has 0 bridgehead atoms. The fourth-order valence-corrected chi connectivity index (χ4v) is 2.33. The van der Waals surface area contributed by atoms with Crippen LogP contribution in [0.5, 0.6) is 0 Å². The normalized spacial score (nSPS) is 10.3. The van der Waals surface area contributed by atoms with Gasteiger partial charge in [-0.15, -0.1) is 23.2 Å². The molecule has 0 fully saturated rings. The van der Waals surface area contributed by atoms with Crippen molar-refractivity contribution in [3.8, 4) is 0 Å². The van der Waals surface area contributed by atoms with Gasteiger partial charge in [0.15, 0.2) is 0 Å². The van der Waals surface area contributed by atoms with E-state index in [0.29, 0.717) is 24.6 Å². The number of rotatable bonds is 9. The summed E-state index contributed by atoms with van der Waals surface area (Å²) < 4.78 is 11.5. The Morgan fingerprint density at radius 3 is 2.25 bits per heavy atom. The van der Waals surface area contributed by atoms with Crippen LogP contribution in [0.4, 0.5) is 10.2 Å². The largest absolute Gasteiger partial charge is 0.369 e. The maximum Gasteiger partial charge on any atom is 0.348 e. The molecule has 3 nitrogen and oxygen atoms in total. The molecule has 1 rings (SSSR count). The minimum absolute atomic E-state index is 0.0862. The van der Waals surface area contributed by atoms with Crippen LogP contribution < -0.4 is 4.90 Å². The second kappa shape index (κ2) is 9.83. The first-order chi connectivity index (χ1) is 9.71. The molecule has 112 valence electrons. The van der Waals surface area contributed by atoms with Crippen LogP contribution in [0.1, 0.15) is 18.4 Å². The van der Waals surface area contributed by atoms with Crippen molar-refractivity contribution in [2.24, 2.45) is 0 Å². The third-order valence-corrected chi connectivity index (χ3v) is 3.28. The number of alkyl halides is 2. The highest BCUT2D eigenvalue weighted by atomic mass is 35.5. The Bertz CT molecular complexity index is 395. The van der Waals surface area contributed by atoms with E-state index in [1.165, 1.54) is 0 Å². The molecule has 0 saturated carbocycles. The van der Waals surface area contributed by atoms with Crippen LogP contribution in [0.2, 0.25) is 0 Å². The van der Waals surface area contributed by atoms with E-state index < -0.39 is 5.97 Å². The third kappa shape index (κ3) is 5.97. The average Bonchev–Trinajstić information content (AvgIpc) is 2.47. The minimum atomic E-state index is -0.822. The van der Waals surface area contributed by atoms with E-state index in [2.05, 4.69) is 9.84 Å². The molecular formula is C14H18Cl2FNO2. The van der Waals surface area contributed by atoms with Crippen LogP contribution in [0, 0.1) is 0 Å². The second-order valence-electron chi connectivity index (χ2n) is 4.33. The Balaban J connectivity index is 2.51. The standard InChI is InChI=1S/C14H18Cl2FNO2/c15-8-10-18(11-9-16)13-6-4-12(5-7-13)2-1-3-14(19)20-17/h4-7H,1-3,8-11H2. The molecule has 0 unspecified atom stereocenters. The summed E-state index contributed by atoms with van der Waals surface area (Å²) in [5.41, 5.74) is 2.16. The molecule has 0 N–H and O–H groups in total. The predicted octanol–water partition coefficient (Wildman–Crippen LogP) is 3.72. The molecule has 0 atom stereocenters. The molecule has 0 aliphatic carbocycles. The fourth-order valence-electron chi connectivity index (χ4n) is 1.92. The molecule has 0 aliphatic rings. The van der Waals surface area contributed by atoms with Crippen LogP contribution in [0.15, 0.2) is 24.3 Å². The van der Waals surface area contributed by atoms with Gasteiger partial charge in [-0.3, -0.25) is 4.94 Å². The lowest BCUT2D eigenvalue weighted by Crippen LogP contribution is -2.27. The van der Waals surface area contributed by atoms with Gasteiger partial charge in [-0.1, -0.05) is 12.1 Å². The van der Waals surface area contributed by atoms with Crippen LogP contribution in [-0.2, 0) is 16.2 Å². The summed E-state index contributed by atoms with van der Waals surface area (Å²) in [5.74, 6) is 0.269. The maximum atomic E-state index is 11.5. The van der Waals surface area contributed by atoms with E-state index in [4.69, 9.17) is 23.2 Å². The Morgan fingerprint density at radius 1 is 1.15 bits per heavy atom. The van der Waals surface area contributed by atoms with Gasteiger partial charge in [-0.2, -0.15) is 0 Å². The third-order valence-electron chi connectivity index (χ3n) is 2.94. The van der Waals surface area contributed by atoms with Crippen molar-refractivity contribution >= 4 is 34.9 Å². The first kappa shape index (κ1) is 17.1. The number of hydrogen-bond donors (Lipinski definition) is 0.